The molecule has 1 heteroatoms. The van der Waals surface area contributed by atoms with Gasteiger partial charge < -0.3 is 0 Å². The molecule has 1 aliphatic heterocycles. The number of hydrogen-bond donors (Lipinski definition) is 0. The monoisotopic (exact) mass is 177 g/mol. The molecule has 0 amide bonds. The summed E-state index contributed by atoms with van der Waals surface area (Å²) in [7, 11) is 0. The van der Waals surface area contributed by atoms with E-state index in [0.29, 0.717) is 0 Å². The fourth-order valence-electron chi connectivity index (χ4n) is 1.92. The molecule has 0 unspecified atom stereocenters. The van der Waals surface area contributed by atoms with Gasteiger partial charge in [-0.25, -0.2) is 0 Å². The first-order valence-corrected chi connectivity index (χ1v) is 5.22. The molecular formula is C12H19N. The second-order valence-electron chi connectivity index (χ2n) is 5.70. The average molecular weight is 177 g/mol. The van der Waals surface area contributed by atoms with Crippen molar-refractivity contribution >= 4 is 0 Å². The Morgan fingerprint density at radius 2 is 1.85 bits per heavy atom. The molecule has 2 aliphatic rings. The molecule has 0 bridgehead atoms. The van der Waals surface area contributed by atoms with Crippen LogP contribution in [0.25, 0.3) is 0 Å². The quantitative estimate of drug-likeness (QED) is 0.555. The summed E-state index contributed by atoms with van der Waals surface area (Å²) < 4.78 is 0. The normalized spacial score (nSPS) is 24.8. The molecule has 1 saturated carbocycles. The minimum absolute atomic E-state index is 0.169. The summed E-state index contributed by atoms with van der Waals surface area (Å²) >= 11 is 0. The zero-order chi connectivity index (χ0) is 9.53. The van der Waals surface area contributed by atoms with Crippen molar-refractivity contribution in [3.8, 4) is 11.8 Å². The van der Waals surface area contributed by atoms with Gasteiger partial charge in [-0.1, -0.05) is 11.8 Å². The molecule has 0 radical (unpaired) electrons. The van der Waals surface area contributed by atoms with Gasteiger partial charge in [-0.3, -0.25) is 4.90 Å². The van der Waals surface area contributed by atoms with Crippen LogP contribution in [0.3, 0.4) is 0 Å². The van der Waals surface area contributed by atoms with E-state index < -0.39 is 0 Å². The van der Waals surface area contributed by atoms with Gasteiger partial charge in [0.15, 0.2) is 0 Å². The van der Waals surface area contributed by atoms with Crippen molar-refractivity contribution in [3.05, 3.63) is 0 Å². The van der Waals surface area contributed by atoms with E-state index >= 15 is 0 Å². The van der Waals surface area contributed by atoms with Gasteiger partial charge in [-0.15, -0.1) is 0 Å². The fraction of sp³-hybridized carbons (Fsp3) is 0.833. The molecule has 1 heterocycles. The van der Waals surface area contributed by atoms with Gasteiger partial charge in [0.2, 0.25) is 0 Å². The molecule has 2 rings (SSSR count). The molecule has 2 fully saturated rings. The third-order valence-electron chi connectivity index (χ3n) is 2.84. The first-order chi connectivity index (χ1) is 5.99. The van der Waals surface area contributed by atoms with Gasteiger partial charge in [0.05, 0.1) is 6.54 Å². The topological polar surface area (TPSA) is 3.24 Å². The lowest BCUT2D eigenvalue weighted by molar-refractivity contribution is 0.0983. The fourth-order valence-corrected chi connectivity index (χ4v) is 1.92. The molecule has 13 heavy (non-hydrogen) atoms. The Kier molecular flexibility index (Phi) is 1.92. The first-order valence-electron chi connectivity index (χ1n) is 5.22. The zero-order valence-corrected chi connectivity index (χ0v) is 8.98. The van der Waals surface area contributed by atoms with E-state index in [2.05, 4.69) is 37.5 Å². The van der Waals surface area contributed by atoms with Crippen LogP contribution in [0.1, 0.15) is 33.6 Å². The number of likely N-dealkylation sites (tertiary alicyclic amines) is 1. The number of rotatable bonds is 1. The molecule has 1 spiro atoms. The molecule has 1 nitrogen and oxygen atoms in total. The van der Waals surface area contributed by atoms with E-state index in [1.165, 1.54) is 25.9 Å². The smallest absolute Gasteiger partial charge is 0.0602 e. The summed E-state index contributed by atoms with van der Waals surface area (Å²) in [5, 5.41) is 0. The largest absolute Gasteiger partial charge is 0.291 e. The lowest BCUT2D eigenvalue weighted by atomic mass is 9.96. The molecule has 1 saturated heterocycles. The summed E-state index contributed by atoms with van der Waals surface area (Å²) in [4.78, 5) is 2.46. The Morgan fingerprint density at radius 1 is 1.23 bits per heavy atom. The van der Waals surface area contributed by atoms with Crippen molar-refractivity contribution < 1.29 is 0 Å². The summed E-state index contributed by atoms with van der Waals surface area (Å²) in [5.74, 6) is 6.55. The van der Waals surface area contributed by atoms with Crippen LogP contribution in [0.2, 0.25) is 0 Å². The van der Waals surface area contributed by atoms with E-state index in [4.69, 9.17) is 0 Å². The van der Waals surface area contributed by atoms with Crippen molar-refractivity contribution in [2.45, 2.75) is 33.6 Å². The second-order valence-corrected chi connectivity index (χ2v) is 5.70. The standard InChI is InChI=1S/C12H19N/c1-11(2,3)5-4-8-13-9-12(10-13)6-7-12/h6-10H2,1-3H3. The summed E-state index contributed by atoms with van der Waals surface area (Å²) in [6.45, 7) is 10.1. The van der Waals surface area contributed by atoms with Crippen molar-refractivity contribution in [2.24, 2.45) is 10.8 Å². The molecular weight excluding hydrogens is 158 g/mol. The van der Waals surface area contributed by atoms with Crippen molar-refractivity contribution in [2.75, 3.05) is 19.6 Å². The summed E-state index contributed by atoms with van der Waals surface area (Å²) in [6.07, 6.45) is 2.94. The molecule has 72 valence electrons. The van der Waals surface area contributed by atoms with E-state index in [1.807, 2.05) is 0 Å². The molecule has 0 aromatic heterocycles. The zero-order valence-electron chi connectivity index (χ0n) is 8.98. The Morgan fingerprint density at radius 3 is 2.31 bits per heavy atom. The second kappa shape index (κ2) is 2.75. The van der Waals surface area contributed by atoms with E-state index in [0.717, 1.165) is 12.0 Å². The minimum atomic E-state index is 0.169. The van der Waals surface area contributed by atoms with Crippen molar-refractivity contribution in [1.29, 1.82) is 0 Å². The minimum Gasteiger partial charge on any atom is -0.291 e. The lowest BCUT2D eigenvalue weighted by Gasteiger charge is -2.38. The third kappa shape index (κ3) is 2.25. The van der Waals surface area contributed by atoms with Gasteiger partial charge in [0.1, 0.15) is 0 Å². The van der Waals surface area contributed by atoms with Crippen LogP contribution in [-0.4, -0.2) is 24.5 Å². The van der Waals surface area contributed by atoms with E-state index in [1.54, 1.807) is 0 Å². The predicted molar refractivity (Wildman–Crippen MR) is 55.3 cm³/mol. The maximum atomic E-state index is 3.28. The van der Waals surface area contributed by atoms with Crippen LogP contribution < -0.4 is 0 Å². The van der Waals surface area contributed by atoms with Gasteiger partial charge >= 0.3 is 0 Å². The molecule has 0 atom stereocenters. The number of nitrogens with zero attached hydrogens (tertiary/aromatic N) is 1. The van der Waals surface area contributed by atoms with Crippen LogP contribution in [0.15, 0.2) is 0 Å². The van der Waals surface area contributed by atoms with Gasteiger partial charge in [0.25, 0.3) is 0 Å². The third-order valence-corrected chi connectivity index (χ3v) is 2.84. The Bertz CT molecular complexity index is 249. The molecule has 0 aromatic rings. The highest BCUT2D eigenvalue weighted by molar-refractivity contribution is 5.12. The Labute approximate surface area is 81.5 Å². The molecule has 1 aliphatic carbocycles. The summed E-state index contributed by atoms with van der Waals surface area (Å²) in [6, 6.07) is 0. The number of hydrogen-bond acceptors (Lipinski definition) is 1. The van der Waals surface area contributed by atoms with E-state index in [-0.39, 0.29) is 5.41 Å². The Balaban J connectivity index is 1.71. The maximum absolute atomic E-state index is 3.28. The highest BCUT2D eigenvalue weighted by Gasteiger charge is 2.51. The van der Waals surface area contributed by atoms with Crippen LogP contribution in [-0.2, 0) is 0 Å². The van der Waals surface area contributed by atoms with Crippen molar-refractivity contribution in [3.63, 3.8) is 0 Å². The van der Waals surface area contributed by atoms with Crippen LogP contribution in [0.5, 0.6) is 0 Å². The Hall–Kier alpha value is -0.480. The SMILES string of the molecule is CC(C)(C)C#CCN1CC2(CC2)C1. The van der Waals surface area contributed by atoms with E-state index in [9.17, 15) is 0 Å². The summed E-state index contributed by atoms with van der Waals surface area (Å²) in [5.41, 5.74) is 0.950. The lowest BCUT2D eigenvalue weighted by Crippen LogP contribution is -2.48. The highest BCUT2D eigenvalue weighted by atomic mass is 15.2. The average Bonchev–Trinajstić information content (AvgIpc) is 2.62. The van der Waals surface area contributed by atoms with Gasteiger partial charge in [-0.05, 0) is 39.0 Å². The first kappa shape index (κ1) is 9.09. The van der Waals surface area contributed by atoms with Crippen molar-refractivity contribution in [1.82, 2.24) is 4.90 Å². The predicted octanol–water partition coefficient (Wildman–Crippen LogP) is 2.13. The maximum Gasteiger partial charge on any atom is 0.0602 e. The molecule has 0 N–H and O–H groups in total. The van der Waals surface area contributed by atoms with Gasteiger partial charge in [-0.2, -0.15) is 0 Å². The van der Waals surface area contributed by atoms with Crippen LogP contribution in [0, 0.1) is 22.7 Å². The highest BCUT2D eigenvalue weighted by Crippen LogP contribution is 2.52. The molecule has 0 aromatic carbocycles. The van der Waals surface area contributed by atoms with Crippen LogP contribution in [0.4, 0.5) is 0 Å². The van der Waals surface area contributed by atoms with Crippen LogP contribution >= 0.6 is 0 Å². The van der Waals surface area contributed by atoms with Gasteiger partial charge in [0, 0.05) is 18.5 Å².